The van der Waals surface area contributed by atoms with Crippen LogP contribution in [0.1, 0.15) is 22.1 Å². The van der Waals surface area contributed by atoms with Gasteiger partial charge >= 0.3 is 0 Å². The van der Waals surface area contributed by atoms with E-state index in [1.165, 1.54) is 11.3 Å². The first-order valence-electron chi connectivity index (χ1n) is 9.04. The van der Waals surface area contributed by atoms with E-state index in [-0.39, 0.29) is 0 Å². The normalized spacial score (nSPS) is 28.0. The molecule has 0 aliphatic carbocycles. The number of hydrogen-bond acceptors (Lipinski definition) is 6. The molecule has 0 unspecified atom stereocenters. The molecular weight excluding hydrogens is 400 g/mol. The predicted octanol–water partition coefficient (Wildman–Crippen LogP) is 2.66. The smallest absolute Gasteiger partial charge is 0.121 e. The van der Waals surface area contributed by atoms with E-state index in [9.17, 15) is 20.4 Å². The Kier molecular flexibility index (Phi) is 5.71. The highest BCUT2D eigenvalue weighted by molar-refractivity contribution is 7.19. The summed E-state index contributed by atoms with van der Waals surface area (Å²) in [6.45, 7) is -0.436. The Hall–Kier alpha value is -1.51. The molecule has 1 aliphatic heterocycles. The second-order valence-corrected chi connectivity index (χ2v) is 8.56. The predicted molar refractivity (Wildman–Crippen MR) is 109 cm³/mol. The van der Waals surface area contributed by atoms with Crippen molar-refractivity contribution in [2.24, 2.45) is 0 Å². The summed E-state index contributed by atoms with van der Waals surface area (Å²) in [5.74, 6) is 0. The fourth-order valence-corrected chi connectivity index (χ4v) is 4.96. The average Bonchev–Trinajstić information content (AvgIpc) is 3.13. The van der Waals surface area contributed by atoms with Crippen LogP contribution in [0.2, 0.25) is 5.02 Å². The minimum Gasteiger partial charge on any atom is -0.394 e. The number of rotatable bonds is 4. The highest BCUT2D eigenvalue weighted by Crippen LogP contribution is 2.39. The quantitative estimate of drug-likeness (QED) is 0.521. The van der Waals surface area contributed by atoms with Crippen LogP contribution in [-0.2, 0) is 11.2 Å². The molecule has 7 heteroatoms. The summed E-state index contributed by atoms with van der Waals surface area (Å²) in [5.41, 5.74) is 2.28. The summed E-state index contributed by atoms with van der Waals surface area (Å²) in [6.07, 6.45) is -4.99. The molecule has 2 aromatic carbocycles. The molecule has 5 nitrogen and oxygen atoms in total. The van der Waals surface area contributed by atoms with Crippen LogP contribution in [0.25, 0.3) is 10.1 Å². The monoisotopic (exact) mass is 420 g/mol. The largest absolute Gasteiger partial charge is 0.394 e. The number of halogens is 1. The fraction of sp³-hybridized carbons (Fsp3) is 0.333. The van der Waals surface area contributed by atoms with Crippen LogP contribution in [0.5, 0.6) is 0 Å². The number of aliphatic hydroxyl groups is 4. The van der Waals surface area contributed by atoms with Crippen LogP contribution in [-0.4, -0.2) is 51.4 Å². The molecule has 5 atom stereocenters. The Labute approximate surface area is 171 Å². The number of benzene rings is 2. The average molecular weight is 421 g/mol. The Morgan fingerprint density at radius 3 is 2.43 bits per heavy atom. The third kappa shape index (κ3) is 3.69. The Bertz CT molecular complexity index is 955. The van der Waals surface area contributed by atoms with E-state index < -0.39 is 37.1 Å². The van der Waals surface area contributed by atoms with Gasteiger partial charge in [-0.25, -0.2) is 0 Å². The van der Waals surface area contributed by atoms with Crippen molar-refractivity contribution in [2.75, 3.05) is 6.61 Å². The van der Waals surface area contributed by atoms with Crippen LogP contribution in [0.15, 0.2) is 48.5 Å². The molecule has 1 fully saturated rings. The van der Waals surface area contributed by atoms with Crippen molar-refractivity contribution < 1.29 is 25.2 Å². The van der Waals surface area contributed by atoms with E-state index in [4.69, 9.17) is 16.3 Å². The van der Waals surface area contributed by atoms with Crippen molar-refractivity contribution in [2.45, 2.75) is 36.9 Å². The maximum atomic E-state index is 10.4. The van der Waals surface area contributed by atoms with Crippen molar-refractivity contribution >= 4 is 33.0 Å². The summed E-state index contributed by atoms with van der Waals surface area (Å²) in [4.78, 5) is 0.746. The zero-order valence-electron chi connectivity index (χ0n) is 14.9. The molecule has 1 saturated heterocycles. The van der Waals surface area contributed by atoms with Gasteiger partial charge in [-0.2, -0.15) is 0 Å². The molecule has 148 valence electrons. The van der Waals surface area contributed by atoms with Gasteiger partial charge in [0.05, 0.1) is 6.61 Å². The first-order valence-corrected chi connectivity index (χ1v) is 10.2. The van der Waals surface area contributed by atoms with Gasteiger partial charge in [-0.05, 0) is 41.1 Å². The molecule has 4 rings (SSSR count). The van der Waals surface area contributed by atoms with Gasteiger partial charge in [0.25, 0.3) is 0 Å². The molecule has 0 amide bonds. The van der Waals surface area contributed by atoms with Crippen molar-refractivity contribution in [1.82, 2.24) is 0 Å². The summed E-state index contributed by atoms with van der Waals surface area (Å²) < 4.78 is 6.78. The Morgan fingerprint density at radius 2 is 1.71 bits per heavy atom. The number of fused-ring (bicyclic) bond motifs is 1. The van der Waals surface area contributed by atoms with Gasteiger partial charge in [0.2, 0.25) is 0 Å². The third-order valence-corrected chi connectivity index (χ3v) is 6.67. The number of thiophene rings is 1. The zero-order chi connectivity index (χ0) is 19.8. The molecule has 0 bridgehead atoms. The van der Waals surface area contributed by atoms with Gasteiger partial charge in [-0.3, -0.25) is 0 Å². The molecule has 0 spiro atoms. The molecular formula is C21H21ClO5S. The lowest BCUT2D eigenvalue weighted by atomic mass is 9.94. The first-order chi connectivity index (χ1) is 13.5. The van der Waals surface area contributed by atoms with Crippen molar-refractivity contribution in [1.29, 1.82) is 0 Å². The molecule has 1 aliphatic rings. The van der Waals surface area contributed by atoms with Crippen LogP contribution in [0.3, 0.4) is 0 Å². The van der Waals surface area contributed by atoms with Crippen LogP contribution >= 0.6 is 22.9 Å². The van der Waals surface area contributed by atoms with Crippen LogP contribution < -0.4 is 0 Å². The van der Waals surface area contributed by atoms with Gasteiger partial charge in [0.1, 0.15) is 30.5 Å². The first kappa shape index (κ1) is 19.8. The highest BCUT2D eigenvalue weighted by Gasteiger charge is 2.44. The maximum Gasteiger partial charge on any atom is 0.121 e. The van der Waals surface area contributed by atoms with E-state index >= 15 is 0 Å². The van der Waals surface area contributed by atoms with Crippen LogP contribution in [0, 0.1) is 0 Å². The molecule has 4 N–H and O–H groups in total. The molecule has 28 heavy (non-hydrogen) atoms. The van der Waals surface area contributed by atoms with Gasteiger partial charge < -0.3 is 25.2 Å². The molecule has 0 saturated carbocycles. The van der Waals surface area contributed by atoms with Gasteiger partial charge in [-0.1, -0.05) is 41.9 Å². The second kappa shape index (κ2) is 8.08. The summed E-state index contributed by atoms with van der Waals surface area (Å²) in [7, 11) is 0. The SMILES string of the molecule is OC[C@H]1O[C@@H](c2cc3cccc(Cc4ccc(Cl)cc4)c3s2)[C@H](O)[C@@H](O)[C@@H]1O. The van der Waals surface area contributed by atoms with E-state index in [0.717, 1.165) is 32.5 Å². The minimum atomic E-state index is -1.38. The fourth-order valence-electron chi connectivity index (χ4n) is 3.58. The summed E-state index contributed by atoms with van der Waals surface area (Å²) >= 11 is 7.45. The van der Waals surface area contributed by atoms with E-state index in [2.05, 4.69) is 6.07 Å². The van der Waals surface area contributed by atoms with Gasteiger partial charge in [0.15, 0.2) is 0 Å². The van der Waals surface area contributed by atoms with E-state index in [0.29, 0.717) is 5.02 Å². The highest BCUT2D eigenvalue weighted by atomic mass is 35.5. The lowest BCUT2D eigenvalue weighted by Crippen LogP contribution is -2.55. The minimum absolute atomic E-state index is 0.436. The molecule has 1 aromatic heterocycles. The standard InChI is InChI=1S/C21H21ClO5S/c22-14-6-4-11(5-7-14)8-12-2-1-3-13-9-16(28-21(12)13)20-19(26)18(25)17(24)15(10-23)27-20/h1-7,9,15,17-20,23-26H,8,10H2/t15-,17-,18+,19-,20+/m1/s1. The summed E-state index contributed by atoms with van der Waals surface area (Å²) in [5, 5.41) is 41.6. The van der Waals surface area contributed by atoms with E-state index in [1.54, 1.807) is 0 Å². The molecule has 0 radical (unpaired) electrons. The number of hydrogen-bond donors (Lipinski definition) is 4. The van der Waals surface area contributed by atoms with Crippen molar-refractivity contribution in [3.63, 3.8) is 0 Å². The maximum absolute atomic E-state index is 10.4. The topological polar surface area (TPSA) is 90.2 Å². The Balaban J connectivity index is 1.67. The molecule has 2 heterocycles. The summed E-state index contributed by atoms with van der Waals surface area (Å²) in [6, 6.07) is 15.7. The third-order valence-electron chi connectivity index (χ3n) is 5.13. The van der Waals surface area contributed by atoms with Crippen molar-refractivity contribution in [3.8, 4) is 0 Å². The Morgan fingerprint density at radius 1 is 0.964 bits per heavy atom. The van der Waals surface area contributed by atoms with Gasteiger partial charge in [-0.15, -0.1) is 11.3 Å². The number of aliphatic hydroxyl groups excluding tert-OH is 4. The van der Waals surface area contributed by atoms with Crippen LogP contribution in [0.4, 0.5) is 0 Å². The van der Waals surface area contributed by atoms with Gasteiger partial charge in [0, 0.05) is 14.6 Å². The second-order valence-electron chi connectivity index (χ2n) is 7.04. The number of ether oxygens (including phenoxy) is 1. The van der Waals surface area contributed by atoms with Crippen molar-refractivity contribution in [3.05, 3.63) is 69.6 Å². The lowest BCUT2D eigenvalue weighted by molar-refractivity contribution is -0.230. The lowest BCUT2D eigenvalue weighted by Gasteiger charge is -2.39. The zero-order valence-corrected chi connectivity index (χ0v) is 16.5. The molecule has 3 aromatic rings. The van der Waals surface area contributed by atoms with E-state index in [1.807, 2.05) is 42.5 Å².